The topological polar surface area (TPSA) is 142 Å². The SMILES string of the molecule is CN(N)c1ccn([C@H]2CC(N=[N+]=[N-])[C@@H](CO)O2)c(=O)n1. The molecule has 20 heavy (non-hydrogen) atoms. The minimum Gasteiger partial charge on any atom is -0.394 e. The predicted octanol–water partition coefficient (Wildman–Crippen LogP) is -0.488. The van der Waals surface area contributed by atoms with Gasteiger partial charge in [-0.1, -0.05) is 5.11 Å². The van der Waals surface area contributed by atoms with Gasteiger partial charge in [0.2, 0.25) is 0 Å². The van der Waals surface area contributed by atoms with Gasteiger partial charge in [-0.05, 0) is 11.6 Å². The summed E-state index contributed by atoms with van der Waals surface area (Å²) in [6.07, 6.45) is 0.555. The smallest absolute Gasteiger partial charge is 0.351 e. The molecule has 0 spiro atoms. The lowest BCUT2D eigenvalue weighted by atomic mass is 10.1. The fourth-order valence-corrected chi connectivity index (χ4v) is 2.06. The lowest BCUT2D eigenvalue weighted by molar-refractivity contribution is -0.0270. The number of hydrogen-bond donors (Lipinski definition) is 2. The van der Waals surface area contributed by atoms with Crippen LogP contribution in [0.5, 0.6) is 0 Å². The second-order valence-corrected chi connectivity index (χ2v) is 4.41. The average Bonchev–Trinajstić information content (AvgIpc) is 2.81. The van der Waals surface area contributed by atoms with Crippen molar-refractivity contribution in [1.82, 2.24) is 9.55 Å². The minimum atomic E-state index is -0.625. The third-order valence-electron chi connectivity index (χ3n) is 3.07. The molecule has 2 rings (SSSR count). The van der Waals surface area contributed by atoms with Gasteiger partial charge < -0.3 is 9.84 Å². The summed E-state index contributed by atoms with van der Waals surface area (Å²) in [5.41, 5.74) is 7.94. The maximum Gasteiger partial charge on any atom is 0.351 e. The summed E-state index contributed by atoms with van der Waals surface area (Å²) in [7, 11) is 1.57. The Hall–Kier alpha value is -2.13. The molecule has 0 aliphatic carbocycles. The van der Waals surface area contributed by atoms with E-state index in [9.17, 15) is 9.90 Å². The van der Waals surface area contributed by atoms with Crippen LogP contribution in [0.3, 0.4) is 0 Å². The van der Waals surface area contributed by atoms with Crippen LogP contribution in [-0.4, -0.2) is 40.5 Å². The highest BCUT2D eigenvalue weighted by Crippen LogP contribution is 2.29. The Morgan fingerprint density at radius 3 is 3.10 bits per heavy atom. The van der Waals surface area contributed by atoms with Gasteiger partial charge in [0.05, 0.1) is 18.8 Å². The van der Waals surface area contributed by atoms with Gasteiger partial charge in [0.1, 0.15) is 12.0 Å². The minimum absolute atomic E-state index is 0.286. The highest BCUT2D eigenvalue weighted by atomic mass is 16.5. The van der Waals surface area contributed by atoms with Crippen molar-refractivity contribution in [2.75, 3.05) is 18.7 Å². The molecular formula is C10H15N7O3. The molecule has 0 radical (unpaired) electrons. The van der Waals surface area contributed by atoms with Crippen LogP contribution in [-0.2, 0) is 4.74 Å². The van der Waals surface area contributed by atoms with Gasteiger partial charge >= 0.3 is 5.69 Å². The van der Waals surface area contributed by atoms with Crippen LogP contribution in [0.4, 0.5) is 5.82 Å². The standard InChI is InChI=1S/C10H15N7O3/c1-16(12)8-2-3-17(10(19)13-8)9-4-6(14-15-11)7(5-18)20-9/h2-3,6-7,9,18H,4-5,12H2,1H3/t6?,7-,9-/m1/s1. The molecule has 1 fully saturated rings. The second kappa shape index (κ2) is 5.88. The van der Waals surface area contributed by atoms with Crippen molar-refractivity contribution in [3.05, 3.63) is 33.2 Å². The Kier molecular flexibility index (Phi) is 4.20. The van der Waals surface area contributed by atoms with Gasteiger partial charge in [-0.2, -0.15) is 4.98 Å². The molecule has 0 saturated carbocycles. The Morgan fingerprint density at radius 2 is 2.55 bits per heavy atom. The highest BCUT2D eigenvalue weighted by Gasteiger charge is 2.35. The molecule has 1 saturated heterocycles. The van der Waals surface area contributed by atoms with E-state index in [4.69, 9.17) is 16.1 Å². The Bertz CT molecular complexity index is 580. The van der Waals surface area contributed by atoms with Crippen molar-refractivity contribution >= 4 is 5.82 Å². The van der Waals surface area contributed by atoms with Gasteiger partial charge in [-0.3, -0.25) is 9.58 Å². The molecule has 1 aromatic rings. The van der Waals surface area contributed by atoms with Crippen LogP contribution in [0, 0.1) is 0 Å². The summed E-state index contributed by atoms with van der Waals surface area (Å²) in [4.78, 5) is 18.4. The van der Waals surface area contributed by atoms with E-state index in [1.165, 1.54) is 15.8 Å². The summed E-state index contributed by atoms with van der Waals surface area (Å²) in [5.74, 6) is 5.82. The van der Waals surface area contributed by atoms with Crippen molar-refractivity contribution in [3.63, 3.8) is 0 Å². The zero-order valence-electron chi connectivity index (χ0n) is 10.8. The molecule has 0 aromatic carbocycles. The van der Waals surface area contributed by atoms with E-state index in [1.807, 2.05) is 0 Å². The van der Waals surface area contributed by atoms with Crippen molar-refractivity contribution in [3.8, 4) is 0 Å². The molecule has 3 N–H and O–H groups in total. The normalized spacial score (nSPS) is 25.2. The second-order valence-electron chi connectivity index (χ2n) is 4.41. The van der Waals surface area contributed by atoms with Crippen LogP contribution >= 0.6 is 0 Å². The number of ether oxygens (including phenoxy) is 1. The van der Waals surface area contributed by atoms with Gasteiger partial charge in [0.15, 0.2) is 0 Å². The molecule has 1 unspecified atom stereocenters. The van der Waals surface area contributed by atoms with E-state index in [0.29, 0.717) is 12.2 Å². The number of nitrogens with two attached hydrogens (primary N) is 1. The number of hydrogen-bond acceptors (Lipinski definition) is 7. The van der Waals surface area contributed by atoms with E-state index >= 15 is 0 Å². The first-order chi connectivity index (χ1) is 9.56. The van der Waals surface area contributed by atoms with E-state index < -0.39 is 24.1 Å². The fourth-order valence-electron chi connectivity index (χ4n) is 2.06. The highest BCUT2D eigenvalue weighted by molar-refractivity contribution is 5.32. The van der Waals surface area contributed by atoms with E-state index in [2.05, 4.69) is 15.0 Å². The van der Waals surface area contributed by atoms with Crippen LogP contribution < -0.4 is 16.5 Å². The van der Waals surface area contributed by atoms with Crippen molar-refractivity contribution < 1.29 is 9.84 Å². The number of nitrogens with zero attached hydrogens (tertiary/aromatic N) is 6. The van der Waals surface area contributed by atoms with Gasteiger partial charge in [0.25, 0.3) is 0 Å². The van der Waals surface area contributed by atoms with Gasteiger partial charge in [0, 0.05) is 24.6 Å². The predicted molar refractivity (Wildman–Crippen MR) is 69.6 cm³/mol. The van der Waals surface area contributed by atoms with Crippen molar-refractivity contribution in [1.29, 1.82) is 0 Å². The number of rotatable bonds is 4. The van der Waals surface area contributed by atoms with Crippen molar-refractivity contribution in [2.24, 2.45) is 11.0 Å². The fraction of sp³-hybridized carbons (Fsp3) is 0.600. The van der Waals surface area contributed by atoms with Crippen LogP contribution in [0.25, 0.3) is 10.4 Å². The number of azide groups is 1. The summed E-state index contributed by atoms with van der Waals surface area (Å²) in [6.45, 7) is -0.286. The lowest BCUT2D eigenvalue weighted by Gasteiger charge is -2.16. The largest absolute Gasteiger partial charge is 0.394 e. The Balaban J connectivity index is 2.25. The summed E-state index contributed by atoms with van der Waals surface area (Å²) in [6, 6.07) is 1.05. The zero-order chi connectivity index (χ0) is 14.7. The third-order valence-corrected chi connectivity index (χ3v) is 3.07. The number of aromatic nitrogens is 2. The van der Waals surface area contributed by atoms with Gasteiger partial charge in [-0.25, -0.2) is 10.6 Å². The quantitative estimate of drug-likeness (QED) is 0.251. The third kappa shape index (κ3) is 2.73. The summed E-state index contributed by atoms with van der Waals surface area (Å²) >= 11 is 0. The van der Waals surface area contributed by atoms with Crippen LogP contribution in [0.15, 0.2) is 22.2 Å². The number of aliphatic hydroxyl groups is 1. The molecule has 0 bridgehead atoms. The van der Waals surface area contributed by atoms with E-state index in [-0.39, 0.29) is 6.61 Å². The Labute approximate surface area is 114 Å². The number of aliphatic hydroxyl groups excluding tert-OH is 1. The molecule has 1 aliphatic rings. The molecular weight excluding hydrogens is 266 g/mol. The first-order valence-electron chi connectivity index (χ1n) is 5.95. The Morgan fingerprint density at radius 1 is 1.80 bits per heavy atom. The monoisotopic (exact) mass is 281 g/mol. The summed E-state index contributed by atoms with van der Waals surface area (Å²) < 4.78 is 6.79. The molecule has 10 heteroatoms. The molecule has 0 amide bonds. The lowest BCUT2D eigenvalue weighted by Crippen LogP contribution is -2.32. The van der Waals surface area contributed by atoms with E-state index in [0.717, 1.165) is 0 Å². The maximum atomic E-state index is 11.9. The first-order valence-corrected chi connectivity index (χ1v) is 5.95. The molecule has 2 heterocycles. The van der Waals surface area contributed by atoms with Crippen molar-refractivity contribution in [2.45, 2.75) is 24.8 Å². The average molecular weight is 281 g/mol. The maximum absolute atomic E-state index is 11.9. The first kappa shape index (κ1) is 14.3. The zero-order valence-corrected chi connectivity index (χ0v) is 10.8. The van der Waals surface area contributed by atoms with E-state index in [1.54, 1.807) is 13.1 Å². The molecule has 3 atom stereocenters. The molecule has 1 aliphatic heterocycles. The molecule has 1 aromatic heterocycles. The molecule has 10 nitrogen and oxygen atoms in total. The van der Waals surface area contributed by atoms with Crippen LogP contribution in [0.1, 0.15) is 12.6 Å². The molecule has 108 valence electrons. The summed E-state index contributed by atoms with van der Waals surface area (Å²) in [5, 5.41) is 14.0. The van der Waals surface area contributed by atoms with Gasteiger partial charge in [-0.15, -0.1) is 0 Å². The number of anilines is 1. The van der Waals surface area contributed by atoms with Crippen LogP contribution in [0.2, 0.25) is 0 Å². The number of hydrazine groups is 1.